The van der Waals surface area contributed by atoms with E-state index in [1.54, 1.807) is 0 Å². The van der Waals surface area contributed by atoms with Crippen LogP contribution in [-0.2, 0) is 20.8 Å². The molecule has 3 rings (SSSR count). The monoisotopic (exact) mass is 461 g/mol. The number of halogens is 4. The van der Waals surface area contributed by atoms with Crippen molar-refractivity contribution in [3.8, 4) is 0 Å². The van der Waals surface area contributed by atoms with Gasteiger partial charge in [0.2, 0.25) is 0 Å². The fraction of sp³-hybridized carbons (Fsp3) is 0.444. The maximum atomic E-state index is 12.8. The number of hydroxylamine groups is 2. The van der Waals surface area contributed by atoms with Gasteiger partial charge in [-0.15, -0.1) is 0 Å². The van der Waals surface area contributed by atoms with Crippen molar-refractivity contribution in [2.75, 3.05) is 7.05 Å². The topological polar surface area (TPSA) is 75.9 Å². The first kappa shape index (κ1) is 20.7. The summed E-state index contributed by atoms with van der Waals surface area (Å²) in [6, 6.07) is 7.51. The highest BCUT2D eigenvalue weighted by Gasteiger charge is 2.48. The average Bonchev–Trinajstić information content (AvgIpc) is 2.62. The molecule has 152 valence electrons. The van der Waals surface area contributed by atoms with Crippen LogP contribution in [-0.4, -0.2) is 41.4 Å². The van der Waals surface area contributed by atoms with Crippen LogP contribution in [0.25, 0.3) is 0 Å². The molecular weight excluding hydrogens is 443 g/mol. The van der Waals surface area contributed by atoms with Gasteiger partial charge in [-0.1, -0.05) is 28.1 Å². The van der Waals surface area contributed by atoms with Crippen LogP contribution in [0.4, 0.5) is 13.2 Å². The molecule has 0 bridgehead atoms. The summed E-state index contributed by atoms with van der Waals surface area (Å²) in [7, 11) is 1.36. The van der Waals surface area contributed by atoms with E-state index in [9.17, 15) is 22.8 Å². The van der Waals surface area contributed by atoms with Crippen LogP contribution < -0.4 is 5.73 Å². The van der Waals surface area contributed by atoms with E-state index in [4.69, 9.17) is 5.73 Å². The van der Waals surface area contributed by atoms with Crippen molar-refractivity contribution in [3.63, 3.8) is 0 Å². The third-order valence-corrected chi connectivity index (χ3v) is 5.41. The first-order valence-corrected chi connectivity index (χ1v) is 9.47. The molecule has 28 heavy (non-hydrogen) atoms. The molecule has 0 saturated heterocycles. The SMILES string of the molecule is CN1C(=O)C2=C(C(Cc3cccc(Br)c3)CCC2)N(OC(=O)C(F)(F)F)C1N. The van der Waals surface area contributed by atoms with Gasteiger partial charge in [-0.05, 0) is 43.4 Å². The van der Waals surface area contributed by atoms with Crippen molar-refractivity contribution in [3.05, 3.63) is 45.6 Å². The lowest BCUT2D eigenvalue weighted by Crippen LogP contribution is -2.60. The number of carbonyl (C=O) groups excluding carboxylic acids is 2. The first-order valence-electron chi connectivity index (χ1n) is 8.68. The zero-order chi connectivity index (χ0) is 20.6. The predicted molar refractivity (Wildman–Crippen MR) is 96.9 cm³/mol. The summed E-state index contributed by atoms with van der Waals surface area (Å²) in [4.78, 5) is 29.8. The maximum Gasteiger partial charge on any atom is 0.493 e. The van der Waals surface area contributed by atoms with Crippen molar-refractivity contribution in [2.24, 2.45) is 11.7 Å². The first-order chi connectivity index (χ1) is 13.1. The van der Waals surface area contributed by atoms with Crippen LogP contribution in [0.1, 0.15) is 24.8 Å². The van der Waals surface area contributed by atoms with E-state index in [-0.39, 0.29) is 17.5 Å². The van der Waals surface area contributed by atoms with Crippen molar-refractivity contribution in [2.45, 2.75) is 38.1 Å². The number of allylic oxidation sites excluding steroid dienone is 1. The Morgan fingerprint density at radius 2 is 2.11 bits per heavy atom. The summed E-state index contributed by atoms with van der Waals surface area (Å²) in [5.74, 6) is -3.03. The van der Waals surface area contributed by atoms with E-state index in [0.717, 1.165) is 20.0 Å². The van der Waals surface area contributed by atoms with Gasteiger partial charge in [-0.25, -0.2) is 4.79 Å². The molecule has 1 heterocycles. The van der Waals surface area contributed by atoms with Crippen molar-refractivity contribution < 1.29 is 27.6 Å². The molecule has 2 N–H and O–H groups in total. The van der Waals surface area contributed by atoms with Gasteiger partial charge in [0.15, 0.2) is 6.29 Å². The highest BCUT2D eigenvalue weighted by atomic mass is 79.9. The minimum Gasteiger partial charge on any atom is -0.329 e. The van der Waals surface area contributed by atoms with Gasteiger partial charge in [0, 0.05) is 23.0 Å². The van der Waals surface area contributed by atoms with Crippen LogP contribution in [0.15, 0.2) is 40.0 Å². The molecule has 0 aromatic heterocycles. The molecule has 0 fully saturated rings. The number of nitrogens with two attached hydrogens (primary N) is 1. The van der Waals surface area contributed by atoms with Gasteiger partial charge in [0.05, 0.1) is 5.70 Å². The lowest BCUT2D eigenvalue weighted by Gasteiger charge is -2.45. The van der Waals surface area contributed by atoms with Gasteiger partial charge in [0.1, 0.15) is 0 Å². The lowest BCUT2D eigenvalue weighted by atomic mass is 9.81. The van der Waals surface area contributed by atoms with E-state index in [1.807, 2.05) is 24.3 Å². The van der Waals surface area contributed by atoms with Crippen LogP contribution in [0.5, 0.6) is 0 Å². The van der Waals surface area contributed by atoms with Crippen LogP contribution in [0.3, 0.4) is 0 Å². The molecule has 10 heteroatoms. The zero-order valence-corrected chi connectivity index (χ0v) is 16.6. The van der Waals surface area contributed by atoms with E-state index in [0.29, 0.717) is 31.3 Å². The van der Waals surface area contributed by atoms with Crippen LogP contribution in [0.2, 0.25) is 0 Å². The summed E-state index contributed by atoms with van der Waals surface area (Å²) >= 11 is 3.39. The van der Waals surface area contributed by atoms with Crippen LogP contribution >= 0.6 is 15.9 Å². The molecule has 0 saturated carbocycles. The molecule has 6 nitrogen and oxygen atoms in total. The van der Waals surface area contributed by atoms with Gasteiger partial charge in [-0.2, -0.15) is 18.2 Å². The molecular formula is C18H19BrF3N3O3. The molecule has 1 aromatic rings. The summed E-state index contributed by atoms with van der Waals surface area (Å²) in [6.45, 7) is 0. The summed E-state index contributed by atoms with van der Waals surface area (Å²) in [6.07, 6.45) is -4.31. The van der Waals surface area contributed by atoms with Crippen molar-refractivity contribution >= 4 is 27.8 Å². The summed E-state index contributed by atoms with van der Waals surface area (Å²) in [5, 5.41) is 0.758. The Hall–Kier alpha value is -2.07. The maximum absolute atomic E-state index is 12.8. The lowest BCUT2D eigenvalue weighted by molar-refractivity contribution is -0.250. The highest BCUT2D eigenvalue weighted by Crippen LogP contribution is 2.39. The number of hydrogen-bond donors (Lipinski definition) is 1. The molecule has 2 unspecified atom stereocenters. The number of rotatable bonds is 3. The number of likely N-dealkylation sites (N-methyl/N-ethyl adjacent to an activating group) is 1. The predicted octanol–water partition coefficient (Wildman–Crippen LogP) is 3.08. The standard InChI is InChI=1S/C18H19BrF3N3O3/c1-24-15(26)13-7-3-5-11(8-10-4-2-6-12(19)9-10)14(13)25(17(24)23)28-16(27)18(20,21)22/h2,4,6,9,11,17H,3,5,7-8,23H2,1H3. The van der Waals surface area contributed by atoms with Gasteiger partial charge in [-0.3, -0.25) is 10.5 Å². The zero-order valence-electron chi connectivity index (χ0n) is 15.0. The smallest absolute Gasteiger partial charge is 0.329 e. The molecule has 0 radical (unpaired) electrons. The fourth-order valence-electron chi connectivity index (χ4n) is 3.59. The normalized spacial score (nSPS) is 23.0. The minimum absolute atomic E-state index is 0.263. The van der Waals surface area contributed by atoms with E-state index < -0.39 is 18.4 Å². The van der Waals surface area contributed by atoms with E-state index in [1.165, 1.54) is 7.05 Å². The number of nitrogens with zero attached hydrogens (tertiary/aromatic N) is 2. The average molecular weight is 462 g/mol. The molecule has 2 aliphatic rings. The van der Waals surface area contributed by atoms with Crippen molar-refractivity contribution in [1.82, 2.24) is 9.96 Å². The Morgan fingerprint density at radius 1 is 1.39 bits per heavy atom. The Balaban J connectivity index is 1.98. The number of hydrogen-bond acceptors (Lipinski definition) is 5. The molecule has 1 aliphatic carbocycles. The second-order valence-electron chi connectivity index (χ2n) is 6.82. The Labute approximate surface area is 168 Å². The second kappa shape index (κ2) is 7.75. The van der Waals surface area contributed by atoms with Crippen LogP contribution in [0, 0.1) is 5.92 Å². The summed E-state index contributed by atoms with van der Waals surface area (Å²) in [5.41, 5.74) is 7.48. The molecule has 0 spiro atoms. The van der Waals surface area contributed by atoms with E-state index in [2.05, 4.69) is 20.8 Å². The molecule has 1 amide bonds. The second-order valence-corrected chi connectivity index (χ2v) is 7.73. The molecule has 1 aliphatic heterocycles. The third-order valence-electron chi connectivity index (χ3n) is 4.91. The summed E-state index contributed by atoms with van der Waals surface area (Å²) < 4.78 is 39.2. The Bertz CT molecular complexity index is 828. The van der Waals surface area contributed by atoms with Gasteiger partial charge in [0.25, 0.3) is 5.91 Å². The number of benzene rings is 1. The largest absolute Gasteiger partial charge is 0.493 e. The number of amides is 1. The Morgan fingerprint density at radius 3 is 2.75 bits per heavy atom. The number of alkyl halides is 3. The molecule has 2 atom stereocenters. The minimum atomic E-state index is -5.17. The third kappa shape index (κ3) is 4.02. The highest BCUT2D eigenvalue weighted by molar-refractivity contribution is 9.10. The Kier molecular flexibility index (Phi) is 5.72. The fourth-order valence-corrected chi connectivity index (χ4v) is 4.04. The number of carbonyl (C=O) groups is 2. The van der Waals surface area contributed by atoms with Gasteiger partial charge >= 0.3 is 12.1 Å². The van der Waals surface area contributed by atoms with Crippen molar-refractivity contribution in [1.29, 1.82) is 0 Å². The quantitative estimate of drug-likeness (QED) is 0.748. The molecule has 1 aromatic carbocycles. The van der Waals surface area contributed by atoms with E-state index >= 15 is 0 Å². The van der Waals surface area contributed by atoms with Gasteiger partial charge < -0.3 is 9.74 Å².